The number of carbonyl (C=O) groups is 2. The maximum atomic E-state index is 12.4. The van der Waals surface area contributed by atoms with Gasteiger partial charge in [0.1, 0.15) is 0 Å². The highest BCUT2D eigenvalue weighted by atomic mass is 16.2. The number of nitrogens with one attached hydrogen (secondary N) is 1. The molecule has 2 aliphatic heterocycles. The van der Waals surface area contributed by atoms with Gasteiger partial charge in [0.2, 0.25) is 17.8 Å². The van der Waals surface area contributed by atoms with Gasteiger partial charge in [0.05, 0.1) is 0 Å². The van der Waals surface area contributed by atoms with Crippen molar-refractivity contribution >= 4 is 17.8 Å². The molecule has 3 rings (SSSR count). The number of piperazine rings is 2. The Balaban J connectivity index is 1.41. The Morgan fingerprint density at radius 2 is 1.68 bits per heavy atom. The first-order valence-electron chi connectivity index (χ1n) is 8.94. The van der Waals surface area contributed by atoms with Gasteiger partial charge in [-0.1, -0.05) is 0 Å². The van der Waals surface area contributed by atoms with Crippen molar-refractivity contribution in [3.63, 3.8) is 0 Å². The molecule has 1 atom stereocenters. The Bertz CT molecular complexity index is 588. The molecular formula is C17H26N6O2. The summed E-state index contributed by atoms with van der Waals surface area (Å²) in [6.45, 7) is 7.09. The first-order valence-corrected chi connectivity index (χ1v) is 8.94. The SMILES string of the molecule is C[C@@H]1CN(C(=O)CCC(=O)N2CCN(c3ncccn3)CC2)CCN1. The molecule has 8 nitrogen and oxygen atoms in total. The molecule has 2 amide bonds. The maximum absolute atomic E-state index is 12.4. The van der Waals surface area contributed by atoms with Crippen LogP contribution in [0.25, 0.3) is 0 Å². The standard InChI is InChI=1S/C17H26N6O2/c1-14-13-23(8-7-18-14)16(25)4-3-15(24)21-9-11-22(12-10-21)17-19-5-2-6-20-17/h2,5-6,14,18H,3-4,7-13H2,1H3/t14-/m1/s1. The van der Waals surface area contributed by atoms with Crippen LogP contribution in [0.1, 0.15) is 19.8 Å². The third kappa shape index (κ3) is 4.66. The van der Waals surface area contributed by atoms with Crippen LogP contribution in [0, 0.1) is 0 Å². The van der Waals surface area contributed by atoms with Crippen molar-refractivity contribution < 1.29 is 9.59 Å². The summed E-state index contributed by atoms with van der Waals surface area (Å²) in [4.78, 5) is 38.9. The van der Waals surface area contributed by atoms with Crippen molar-refractivity contribution in [3.8, 4) is 0 Å². The van der Waals surface area contributed by atoms with E-state index in [0.717, 1.165) is 32.7 Å². The Kier molecular flexibility index (Phi) is 5.80. The van der Waals surface area contributed by atoms with E-state index in [-0.39, 0.29) is 11.8 Å². The van der Waals surface area contributed by atoms with Crippen LogP contribution < -0.4 is 10.2 Å². The monoisotopic (exact) mass is 346 g/mol. The minimum absolute atomic E-state index is 0.0603. The van der Waals surface area contributed by atoms with E-state index in [0.29, 0.717) is 37.9 Å². The van der Waals surface area contributed by atoms with E-state index >= 15 is 0 Å². The van der Waals surface area contributed by atoms with Gasteiger partial charge in [0.25, 0.3) is 0 Å². The lowest BCUT2D eigenvalue weighted by Crippen LogP contribution is -2.52. The number of hydrogen-bond acceptors (Lipinski definition) is 6. The average Bonchev–Trinajstić information content (AvgIpc) is 2.66. The highest BCUT2D eigenvalue weighted by molar-refractivity contribution is 5.84. The number of aromatic nitrogens is 2. The zero-order valence-corrected chi connectivity index (χ0v) is 14.7. The number of anilines is 1. The van der Waals surface area contributed by atoms with Crippen LogP contribution in [-0.4, -0.2) is 83.4 Å². The number of nitrogens with zero attached hydrogens (tertiary/aromatic N) is 5. The molecule has 136 valence electrons. The molecule has 0 radical (unpaired) electrons. The maximum Gasteiger partial charge on any atom is 0.225 e. The summed E-state index contributed by atoms with van der Waals surface area (Å²) < 4.78 is 0. The first-order chi connectivity index (χ1) is 12.1. The Morgan fingerprint density at radius 1 is 1.04 bits per heavy atom. The van der Waals surface area contributed by atoms with E-state index in [4.69, 9.17) is 0 Å². The Morgan fingerprint density at radius 3 is 2.32 bits per heavy atom. The van der Waals surface area contributed by atoms with E-state index in [9.17, 15) is 9.59 Å². The summed E-state index contributed by atoms with van der Waals surface area (Å²) in [5, 5.41) is 3.32. The summed E-state index contributed by atoms with van der Waals surface area (Å²) in [5.41, 5.74) is 0. The van der Waals surface area contributed by atoms with Gasteiger partial charge in [-0.25, -0.2) is 9.97 Å². The van der Waals surface area contributed by atoms with Gasteiger partial charge in [-0.15, -0.1) is 0 Å². The Hall–Kier alpha value is -2.22. The molecule has 0 unspecified atom stereocenters. The topological polar surface area (TPSA) is 81.7 Å². The predicted molar refractivity (Wildman–Crippen MR) is 94.1 cm³/mol. The molecule has 3 heterocycles. The Labute approximate surface area is 148 Å². The molecule has 0 aromatic carbocycles. The summed E-state index contributed by atoms with van der Waals surface area (Å²) in [5.74, 6) is 0.848. The second-order valence-corrected chi connectivity index (χ2v) is 6.61. The van der Waals surface area contributed by atoms with Crippen LogP contribution in [-0.2, 0) is 9.59 Å². The minimum Gasteiger partial charge on any atom is -0.340 e. The molecule has 0 saturated carbocycles. The van der Waals surface area contributed by atoms with E-state index < -0.39 is 0 Å². The third-order valence-electron chi connectivity index (χ3n) is 4.74. The minimum atomic E-state index is 0.0603. The second-order valence-electron chi connectivity index (χ2n) is 6.61. The zero-order valence-electron chi connectivity index (χ0n) is 14.7. The normalized spacial score (nSPS) is 21.3. The predicted octanol–water partition coefficient (Wildman–Crippen LogP) is -0.274. The van der Waals surface area contributed by atoms with Crippen molar-refractivity contribution in [1.29, 1.82) is 0 Å². The summed E-state index contributed by atoms with van der Waals surface area (Å²) in [7, 11) is 0. The lowest BCUT2D eigenvalue weighted by molar-refractivity contribution is -0.137. The van der Waals surface area contributed by atoms with Gasteiger partial charge in [-0.05, 0) is 13.0 Å². The molecule has 2 saturated heterocycles. The van der Waals surface area contributed by atoms with Gasteiger partial charge in [-0.2, -0.15) is 0 Å². The molecule has 0 bridgehead atoms. The number of hydrogen-bond donors (Lipinski definition) is 1. The van der Waals surface area contributed by atoms with Crippen molar-refractivity contribution in [2.45, 2.75) is 25.8 Å². The zero-order chi connectivity index (χ0) is 17.6. The summed E-state index contributed by atoms with van der Waals surface area (Å²) in [6, 6.07) is 2.11. The lowest BCUT2D eigenvalue weighted by Gasteiger charge is -2.35. The quantitative estimate of drug-likeness (QED) is 0.808. The van der Waals surface area contributed by atoms with Crippen LogP contribution in [0.5, 0.6) is 0 Å². The molecule has 2 fully saturated rings. The lowest BCUT2D eigenvalue weighted by atomic mass is 10.2. The summed E-state index contributed by atoms with van der Waals surface area (Å²) in [6.07, 6.45) is 4.04. The smallest absolute Gasteiger partial charge is 0.225 e. The summed E-state index contributed by atoms with van der Waals surface area (Å²) >= 11 is 0. The van der Waals surface area contributed by atoms with E-state index in [1.165, 1.54) is 0 Å². The van der Waals surface area contributed by atoms with E-state index in [2.05, 4.69) is 27.1 Å². The molecule has 0 spiro atoms. The largest absolute Gasteiger partial charge is 0.340 e. The van der Waals surface area contributed by atoms with Crippen molar-refractivity contribution in [2.75, 3.05) is 50.7 Å². The second kappa shape index (κ2) is 8.24. The first kappa shape index (κ1) is 17.6. The van der Waals surface area contributed by atoms with Crippen molar-refractivity contribution in [1.82, 2.24) is 25.1 Å². The molecule has 1 aromatic heterocycles. The highest BCUT2D eigenvalue weighted by Crippen LogP contribution is 2.11. The fourth-order valence-corrected chi connectivity index (χ4v) is 3.30. The van der Waals surface area contributed by atoms with Gasteiger partial charge in [-0.3, -0.25) is 9.59 Å². The number of amides is 2. The molecular weight excluding hydrogens is 320 g/mol. The van der Waals surface area contributed by atoms with Crippen LogP contribution in [0.4, 0.5) is 5.95 Å². The highest BCUT2D eigenvalue weighted by Gasteiger charge is 2.25. The fraction of sp³-hybridized carbons (Fsp3) is 0.647. The fourth-order valence-electron chi connectivity index (χ4n) is 3.30. The van der Waals surface area contributed by atoms with E-state index in [1.807, 2.05) is 9.80 Å². The number of rotatable bonds is 4. The molecule has 1 aromatic rings. The molecule has 1 N–H and O–H groups in total. The molecule has 2 aliphatic rings. The molecule has 25 heavy (non-hydrogen) atoms. The van der Waals surface area contributed by atoms with Gasteiger partial charge >= 0.3 is 0 Å². The van der Waals surface area contributed by atoms with Gasteiger partial charge in [0.15, 0.2) is 0 Å². The third-order valence-corrected chi connectivity index (χ3v) is 4.74. The van der Waals surface area contributed by atoms with Crippen LogP contribution in [0.15, 0.2) is 18.5 Å². The van der Waals surface area contributed by atoms with Gasteiger partial charge < -0.3 is 20.0 Å². The van der Waals surface area contributed by atoms with Crippen molar-refractivity contribution in [2.24, 2.45) is 0 Å². The van der Waals surface area contributed by atoms with Crippen LogP contribution >= 0.6 is 0 Å². The number of carbonyl (C=O) groups excluding carboxylic acids is 2. The molecule has 0 aliphatic carbocycles. The van der Waals surface area contributed by atoms with Crippen LogP contribution in [0.3, 0.4) is 0 Å². The van der Waals surface area contributed by atoms with E-state index in [1.54, 1.807) is 18.5 Å². The van der Waals surface area contributed by atoms with Crippen LogP contribution in [0.2, 0.25) is 0 Å². The molecule has 8 heteroatoms. The van der Waals surface area contributed by atoms with Crippen molar-refractivity contribution in [3.05, 3.63) is 18.5 Å². The van der Waals surface area contributed by atoms with Gasteiger partial charge in [0, 0.05) is 77.1 Å². The average molecular weight is 346 g/mol.